The quantitative estimate of drug-likeness (QED) is 0.779. The molecule has 0 bridgehead atoms. The maximum absolute atomic E-state index is 6.16. The van der Waals surface area contributed by atoms with Crippen LogP contribution in [0.3, 0.4) is 0 Å². The second-order valence-electron chi connectivity index (χ2n) is 4.53. The number of hydrogen-bond donors (Lipinski definition) is 1. The topological polar surface area (TPSA) is 35.2 Å². The van der Waals surface area contributed by atoms with Gasteiger partial charge in [0.15, 0.2) is 0 Å². The van der Waals surface area contributed by atoms with E-state index in [9.17, 15) is 0 Å². The maximum atomic E-state index is 6.16. The van der Waals surface area contributed by atoms with Gasteiger partial charge in [-0.3, -0.25) is 0 Å². The molecule has 0 aromatic heterocycles. The van der Waals surface area contributed by atoms with Crippen LogP contribution in [0.25, 0.3) is 0 Å². The third kappa shape index (κ3) is 2.88. The van der Waals surface area contributed by atoms with Gasteiger partial charge in [0.25, 0.3) is 0 Å². The van der Waals surface area contributed by atoms with E-state index < -0.39 is 0 Å². The van der Waals surface area contributed by atoms with Crippen LogP contribution < -0.4 is 5.73 Å². The summed E-state index contributed by atoms with van der Waals surface area (Å²) < 4.78 is 5.36. The molecule has 2 fully saturated rings. The summed E-state index contributed by atoms with van der Waals surface area (Å²) in [5, 5.41) is 0.906. The third-order valence-electron chi connectivity index (χ3n) is 3.40. The minimum atomic E-state index is 0.364. The van der Waals surface area contributed by atoms with E-state index >= 15 is 0 Å². The average Bonchev–Trinajstić information content (AvgIpc) is 2.87. The molecule has 0 spiro atoms. The Morgan fingerprint density at radius 1 is 1.29 bits per heavy atom. The molecule has 0 aromatic carbocycles. The Bertz CT molecular complexity index is 165. The molecule has 1 heterocycles. The fraction of sp³-hybridized carbons (Fsp3) is 1.00. The highest BCUT2D eigenvalue weighted by Gasteiger charge is 2.24. The number of ether oxygens (including phenoxy) is 1. The molecule has 2 atom stereocenters. The van der Waals surface area contributed by atoms with E-state index in [2.05, 4.69) is 11.8 Å². The summed E-state index contributed by atoms with van der Waals surface area (Å²) in [5.41, 5.74) is 6.16. The van der Waals surface area contributed by atoms with Crippen molar-refractivity contribution in [2.75, 3.05) is 19.0 Å². The van der Waals surface area contributed by atoms with Crippen LogP contribution in [0.5, 0.6) is 0 Å². The SMILES string of the molecule is NC(CSC1CCCC1)C1CCOC1. The average molecular weight is 215 g/mol. The van der Waals surface area contributed by atoms with Gasteiger partial charge in [0.1, 0.15) is 0 Å². The van der Waals surface area contributed by atoms with E-state index in [0.29, 0.717) is 12.0 Å². The van der Waals surface area contributed by atoms with E-state index in [-0.39, 0.29) is 0 Å². The van der Waals surface area contributed by atoms with Crippen LogP contribution in [0, 0.1) is 5.92 Å². The number of nitrogens with two attached hydrogens (primary N) is 1. The Morgan fingerprint density at radius 2 is 2.07 bits per heavy atom. The summed E-state index contributed by atoms with van der Waals surface area (Å²) in [5.74, 6) is 1.77. The van der Waals surface area contributed by atoms with Crippen LogP contribution in [0.1, 0.15) is 32.1 Å². The first kappa shape index (κ1) is 10.8. The molecule has 1 saturated carbocycles. The predicted molar refractivity (Wildman–Crippen MR) is 61.6 cm³/mol. The minimum Gasteiger partial charge on any atom is -0.381 e. The zero-order chi connectivity index (χ0) is 9.80. The van der Waals surface area contributed by atoms with Crippen LogP contribution in [0.2, 0.25) is 0 Å². The first-order valence-corrected chi connectivity index (χ1v) is 6.86. The van der Waals surface area contributed by atoms with Crippen LogP contribution in [0.4, 0.5) is 0 Å². The largest absolute Gasteiger partial charge is 0.381 e. The smallest absolute Gasteiger partial charge is 0.0510 e. The first-order valence-electron chi connectivity index (χ1n) is 5.81. The second-order valence-corrected chi connectivity index (χ2v) is 5.86. The van der Waals surface area contributed by atoms with Crippen molar-refractivity contribution in [2.24, 2.45) is 11.7 Å². The molecule has 3 heteroatoms. The zero-order valence-corrected chi connectivity index (χ0v) is 9.60. The summed E-state index contributed by atoms with van der Waals surface area (Å²) in [6.07, 6.45) is 6.86. The number of thioether (sulfide) groups is 1. The molecular formula is C11H21NOS. The molecule has 1 saturated heterocycles. The fourth-order valence-electron chi connectivity index (χ4n) is 2.33. The van der Waals surface area contributed by atoms with Crippen molar-refractivity contribution >= 4 is 11.8 Å². The summed E-state index contributed by atoms with van der Waals surface area (Å²) in [6, 6.07) is 0.364. The van der Waals surface area contributed by atoms with E-state index in [1.54, 1.807) is 0 Å². The molecule has 2 N–H and O–H groups in total. The summed E-state index contributed by atoms with van der Waals surface area (Å²) in [4.78, 5) is 0. The minimum absolute atomic E-state index is 0.364. The molecule has 14 heavy (non-hydrogen) atoms. The van der Waals surface area contributed by atoms with Crippen LogP contribution in [-0.4, -0.2) is 30.3 Å². The molecule has 2 nitrogen and oxygen atoms in total. The van der Waals surface area contributed by atoms with Crippen LogP contribution in [-0.2, 0) is 4.74 Å². The highest BCUT2D eigenvalue weighted by molar-refractivity contribution is 7.99. The lowest BCUT2D eigenvalue weighted by molar-refractivity contribution is 0.182. The Morgan fingerprint density at radius 3 is 2.71 bits per heavy atom. The van der Waals surface area contributed by atoms with Gasteiger partial charge >= 0.3 is 0 Å². The van der Waals surface area contributed by atoms with Crippen LogP contribution >= 0.6 is 11.8 Å². The third-order valence-corrected chi connectivity index (χ3v) is 4.92. The Labute approximate surface area is 91.0 Å². The summed E-state index contributed by atoms with van der Waals surface area (Å²) >= 11 is 2.10. The van der Waals surface area contributed by atoms with Gasteiger partial charge in [0.05, 0.1) is 6.61 Å². The lowest BCUT2D eigenvalue weighted by Gasteiger charge is -2.19. The zero-order valence-electron chi connectivity index (χ0n) is 8.78. The lowest BCUT2D eigenvalue weighted by Crippen LogP contribution is -2.33. The molecule has 0 aromatic rings. The molecule has 2 rings (SSSR count). The van der Waals surface area contributed by atoms with Gasteiger partial charge in [-0.2, -0.15) is 11.8 Å². The fourth-order valence-corrected chi connectivity index (χ4v) is 3.76. The van der Waals surface area contributed by atoms with Crippen molar-refractivity contribution in [3.8, 4) is 0 Å². The van der Waals surface area contributed by atoms with Gasteiger partial charge in [-0.15, -0.1) is 0 Å². The van der Waals surface area contributed by atoms with Gasteiger partial charge in [-0.05, 0) is 19.3 Å². The predicted octanol–water partition coefficient (Wildman–Crippen LogP) is 2.03. The maximum Gasteiger partial charge on any atom is 0.0510 e. The molecule has 1 aliphatic heterocycles. The van der Waals surface area contributed by atoms with E-state index in [4.69, 9.17) is 10.5 Å². The van der Waals surface area contributed by atoms with Crippen molar-refractivity contribution in [1.29, 1.82) is 0 Å². The monoisotopic (exact) mass is 215 g/mol. The van der Waals surface area contributed by atoms with Crippen molar-refractivity contribution in [1.82, 2.24) is 0 Å². The number of rotatable bonds is 4. The Hall–Kier alpha value is 0.270. The van der Waals surface area contributed by atoms with Crippen molar-refractivity contribution < 1.29 is 4.74 Å². The van der Waals surface area contributed by atoms with Crippen molar-refractivity contribution in [3.63, 3.8) is 0 Å². The molecule has 2 unspecified atom stereocenters. The molecule has 2 aliphatic rings. The molecular weight excluding hydrogens is 194 g/mol. The Balaban J connectivity index is 1.63. The van der Waals surface area contributed by atoms with E-state index in [0.717, 1.165) is 24.2 Å². The normalized spacial score (nSPS) is 31.1. The van der Waals surface area contributed by atoms with Gasteiger partial charge in [-0.1, -0.05) is 12.8 Å². The standard InChI is InChI=1S/C11H21NOS/c12-11(9-5-6-13-7-9)8-14-10-3-1-2-4-10/h9-11H,1-8,12H2. The second kappa shape index (κ2) is 5.38. The highest BCUT2D eigenvalue weighted by Crippen LogP contribution is 2.30. The molecule has 0 amide bonds. The molecule has 82 valence electrons. The number of hydrogen-bond acceptors (Lipinski definition) is 3. The molecule has 1 aliphatic carbocycles. The Kier molecular flexibility index (Phi) is 4.14. The van der Waals surface area contributed by atoms with Gasteiger partial charge in [0, 0.05) is 29.6 Å². The van der Waals surface area contributed by atoms with Crippen molar-refractivity contribution in [2.45, 2.75) is 43.4 Å². The van der Waals surface area contributed by atoms with Crippen LogP contribution in [0.15, 0.2) is 0 Å². The summed E-state index contributed by atoms with van der Waals surface area (Å²) in [7, 11) is 0. The van der Waals surface area contributed by atoms with Crippen molar-refractivity contribution in [3.05, 3.63) is 0 Å². The highest BCUT2D eigenvalue weighted by atomic mass is 32.2. The van der Waals surface area contributed by atoms with Gasteiger partial charge in [-0.25, -0.2) is 0 Å². The lowest BCUT2D eigenvalue weighted by atomic mass is 10.0. The van der Waals surface area contributed by atoms with E-state index in [1.165, 1.54) is 32.1 Å². The van der Waals surface area contributed by atoms with E-state index in [1.807, 2.05) is 0 Å². The van der Waals surface area contributed by atoms with Gasteiger partial charge in [0.2, 0.25) is 0 Å². The van der Waals surface area contributed by atoms with Gasteiger partial charge < -0.3 is 10.5 Å². The first-order chi connectivity index (χ1) is 6.86. The molecule has 0 radical (unpaired) electrons. The summed E-state index contributed by atoms with van der Waals surface area (Å²) in [6.45, 7) is 1.82.